The molecule has 23 heavy (non-hydrogen) atoms. The number of halogens is 1. The second-order valence-electron chi connectivity index (χ2n) is 5.47. The second kappa shape index (κ2) is 6.79. The van der Waals surface area contributed by atoms with Gasteiger partial charge in [0, 0.05) is 6.54 Å². The first-order chi connectivity index (χ1) is 11.2. The number of fused-ring (bicyclic) bond motifs is 1. The number of H-pyrrole nitrogens is 1. The fourth-order valence-corrected chi connectivity index (χ4v) is 2.60. The molecule has 0 saturated heterocycles. The van der Waals surface area contributed by atoms with E-state index in [0.717, 1.165) is 30.2 Å². The van der Waals surface area contributed by atoms with Crippen LogP contribution in [0.4, 0.5) is 4.39 Å². The zero-order valence-electron chi connectivity index (χ0n) is 13.3. The molecule has 4 nitrogen and oxygen atoms in total. The first-order valence-electron chi connectivity index (χ1n) is 7.68. The number of methoxy groups -OCH3 is 1. The molecular weight excluding hydrogens is 293 g/mol. The van der Waals surface area contributed by atoms with Crippen molar-refractivity contribution in [3.05, 3.63) is 59.7 Å². The maximum absolute atomic E-state index is 13.7. The van der Waals surface area contributed by atoms with Crippen LogP contribution >= 0.6 is 0 Å². The van der Waals surface area contributed by atoms with Crippen LogP contribution in [-0.4, -0.2) is 28.5 Å². The molecule has 0 radical (unpaired) electrons. The van der Waals surface area contributed by atoms with Crippen LogP contribution in [0.2, 0.25) is 0 Å². The molecule has 0 bridgehead atoms. The second-order valence-corrected chi connectivity index (χ2v) is 5.47. The molecule has 1 N–H and O–H groups in total. The molecule has 0 aliphatic heterocycles. The van der Waals surface area contributed by atoms with E-state index < -0.39 is 0 Å². The summed E-state index contributed by atoms with van der Waals surface area (Å²) in [5.74, 6) is 1.34. The average molecular weight is 313 g/mol. The molecule has 3 rings (SSSR count). The van der Waals surface area contributed by atoms with Gasteiger partial charge in [0.15, 0.2) is 5.82 Å². The monoisotopic (exact) mass is 313 g/mol. The molecule has 0 aliphatic rings. The molecule has 1 heterocycles. The Morgan fingerprint density at radius 3 is 2.57 bits per heavy atom. The van der Waals surface area contributed by atoms with Crippen LogP contribution in [0, 0.1) is 5.82 Å². The lowest BCUT2D eigenvalue weighted by molar-refractivity contribution is 0.265. The summed E-state index contributed by atoms with van der Waals surface area (Å²) in [4.78, 5) is 9.82. The minimum absolute atomic E-state index is 0.289. The van der Waals surface area contributed by atoms with Gasteiger partial charge in [0.2, 0.25) is 0 Å². The maximum Gasteiger partial charge on any atom is 0.151 e. The number of benzene rings is 2. The summed E-state index contributed by atoms with van der Waals surface area (Å²) in [5.41, 5.74) is 2.35. The molecule has 0 aliphatic carbocycles. The van der Waals surface area contributed by atoms with E-state index in [0.29, 0.717) is 12.1 Å². The van der Waals surface area contributed by atoms with E-state index in [4.69, 9.17) is 4.74 Å². The van der Waals surface area contributed by atoms with E-state index in [1.54, 1.807) is 13.2 Å². The van der Waals surface area contributed by atoms with Crippen LogP contribution in [0.1, 0.15) is 18.3 Å². The van der Waals surface area contributed by atoms with Crippen LogP contribution in [0.15, 0.2) is 42.5 Å². The predicted molar refractivity (Wildman–Crippen MR) is 88.8 cm³/mol. The number of hydrogen-bond donors (Lipinski definition) is 1. The SMILES string of the molecule is CCN(Cc1ccc(OC)cc1)Cc1nc2c(F)cccc2[nH]1. The minimum Gasteiger partial charge on any atom is -0.497 e. The molecule has 0 unspecified atom stereocenters. The standard InChI is InChI=1S/C18H20FN3O/c1-3-22(11-13-7-9-14(23-2)10-8-13)12-17-20-16-6-4-5-15(19)18(16)21-17/h4-10H,3,11-12H2,1-2H3,(H,20,21). The van der Waals surface area contributed by atoms with Crippen molar-refractivity contribution in [3.8, 4) is 5.75 Å². The van der Waals surface area contributed by atoms with Crippen molar-refractivity contribution in [3.63, 3.8) is 0 Å². The molecule has 5 heteroatoms. The van der Waals surface area contributed by atoms with Crippen molar-refractivity contribution >= 4 is 11.0 Å². The molecule has 3 aromatic rings. The average Bonchev–Trinajstić information content (AvgIpc) is 2.99. The van der Waals surface area contributed by atoms with Gasteiger partial charge in [-0.3, -0.25) is 4.90 Å². The molecule has 120 valence electrons. The Morgan fingerprint density at radius 2 is 1.91 bits per heavy atom. The Labute approximate surface area is 134 Å². The van der Waals surface area contributed by atoms with Gasteiger partial charge in [-0.1, -0.05) is 25.1 Å². The lowest BCUT2D eigenvalue weighted by Crippen LogP contribution is -2.22. The van der Waals surface area contributed by atoms with E-state index in [1.165, 1.54) is 11.6 Å². The molecule has 0 saturated carbocycles. The van der Waals surface area contributed by atoms with Gasteiger partial charge in [-0.05, 0) is 36.4 Å². The fourth-order valence-electron chi connectivity index (χ4n) is 2.60. The van der Waals surface area contributed by atoms with Crippen LogP contribution < -0.4 is 4.74 Å². The van der Waals surface area contributed by atoms with Crippen molar-refractivity contribution in [2.24, 2.45) is 0 Å². The highest BCUT2D eigenvalue weighted by molar-refractivity contribution is 5.75. The van der Waals surface area contributed by atoms with Gasteiger partial charge in [0.1, 0.15) is 17.1 Å². The first-order valence-corrected chi connectivity index (χ1v) is 7.68. The number of para-hydroxylation sites is 1. The Balaban J connectivity index is 1.73. The van der Waals surface area contributed by atoms with Crippen molar-refractivity contribution in [2.45, 2.75) is 20.0 Å². The lowest BCUT2D eigenvalue weighted by Gasteiger charge is -2.19. The number of ether oxygens (including phenoxy) is 1. The zero-order valence-corrected chi connectivity index (χ0v) is 13.3. The molecule has 0 spiro atoms. The van der Waals surface area contributed by atoms with Crippen molar-refractivity contribution in [1.82, 2.24) is 14.9 Å². The number of nitrogens with zero attached hydrogens (tertiary/aromatic N) is 2. The Morgan fingerprint density at radius 1 is 1.13 bits per heavy atom. The number of imidazole rings is 1. The van der Waals surface area contributed by atoms with Crippen molar-refractivity contribution in [1.29, 1.82) is 0 Å². The fraction of sp³-hybridized carbons (Fsp3) is 0.278. The summed E-state index contributed by atoms with van der Waals surface area (Å²) >= 11 is 0. The maximum atomic E-state index is 13.7. The molecule has 1 aromatic heterocycles. The minimum atomic E-state index is -0.289. The smallest absolute Gasteiger partial charge is 0.151 e. The topological polar surface area (TPSA) is 41.1 Å². The Kier molecular flexibility index (Phi) is 4.57. The van der Waals surface area contributed by atoms with Crippen LogP contribution in [-0.2, 0) is 13.1 Å². The van der Waals surface area contributed by atoms with Gasteiger partial charge in [0.05, 0.1) is 19.2 Å². The van der Waals surface area contributed by atoms with E-state index in [2.05, 4.69) is 33.9 Å². The Bertz CT molecular complexity index is 783. The van der Waals surface area contributed by atoms with E-state index in [-0.39, 0.29) is 5.82 Å². The third kappa shape index (κ3) is 3.51. The summed E-state index contributed by atoms with van der Waals surface area (Å²) in [5, 5.41) is 0. The highest BCUT2D eigenvalue weighted by atomic mass is 19.1. The van der Waals surface area contributed by atoms with E-state index in [1.807, 2.05) is 18.2 Å². The summed E-state index contributed by atoms with van der Waals surface area (Å²) in [6, 6.07) is 13.0. The van der Waals surface area contributed by atoms with Gasteiger partial charge in [-0.2, -0.15) is 0 Å². The number of aromatic amines is 1. The summed E-state index contributed by atoms with van der Waals surface area (Å²) in [6.07, 6.45) is 0. The highest BCUT2D eigenvalue weighted by Gasteiger charge is 2.11. The molecule has 2 aromatic carbocycles. The van der Waals surface area contributed by atoms with Gasteiger partial charge in [-0.25, -0.2) is 9.37 Å². The third-order valence-electron chi connectivity index (χ3n) is 3.90. The van der Waals surface area contributed by atoms with Gasteiger partial charge >= 0.3 is 0 Å². The van der Waals surface area contributed by atoms with E-state index in [9.17, 15) is 4.39 Å². The van der Waals surface area contributed by atoms with Crippen LogP contribution in [0.5, 0.6) is 5.75 Å². The van der Waals surface area contributed by atoms with Crippen LogP contribution in [0.3, 0.4) is 0 Å². The van der Waals surface area contributed by atoms with Crippen molar-refractivity contribution in [2.75, 3.05) is 13.7 Å². The number of nitrogens with one attached hydrogen (secondary N) is 1. The van der Waals surface area contributed by atoms with Crippen molar-refractivity contribution < 1.29 is 9.13 Å². The number of hydrogen-bond acceptors (Lipinski definition) is 3. The van der Waals surface area contributed by atoms with E-state index >= 15 is 0 Å². The molecular formula is C18H20FN3O. The van der Waals surface area contributed by atoms with Gasteiger partial charge in [0.25, 0.3) is 0 Å². The lowest BCUT2D eigenvalue weighted by atomic mass is 10.2. The first kappa shape index (κ1) is 15.5. The van der Waals surface area contributed by atoms with Gasteiger partial charge < -0.3 is 9.72 Å². The molecule has 0 fully saturated rings. The van der Waals surface area contributed by atoms with Crippen LogP contribution in [0.25, 0.3) is 11.0 Å². The molecule has 0 atom stereocenters. The third-order valence-corrected chi connectivity index (χ3v) is 3.90. The van der Waals surface area contributed by atoms with Gasteiger partial charge in [-0.15, -0.1) is 0 Å². The summed E-state index contributed by atoms with van der Waals surface area (Å²) in [6.45, 7) is 4.44. The highest BCUT2D eigenvalue weighted by Crippen LogP contribution is 2.17. The normalized spacial score (nSPS) is 11.3. The number of aromatic nitrogens is 2. The zero-order chi connectivity index (χ0) is 16.2. The predicted octanol–water partition coefficient (Wildman–Crippen LogP) is 3.73. The quantitative estimate of drug-likeness (QED) is 0.754. The summed E-state index contributed by atoms with van der Waals surface area (Å²) in [7, 11) is 1.66. The molecule has 0 amide bonds. The number of rotatable bonds is 6. The summed E-state index contributed by atoms with van der Waals surface area (Å²) < 4.78 is 18.9. The Hall–Kier alpha value is -2.40. The largest absolute Gasteiger partial charge is 0.497 e.